The molecule has 0 bridgehead atoms. The zero-order valence-electron chi connectivity index (χ0n) is 26.3. The van der Waals surface area contributed by atoms with Gasteiger partial charge in [-0.2, -0.15) is 0 Å². The van der Waals surface area contributed by atoms with Gasteiger partial charge in [-0.05, 0) is 78.9 Å². The maximum absolute atomic E-state index is 14.7. The molecule has 0 heterocycles. The highest BCUT2D eigenvalue weighted by Crippen LogP contribution is 2.30. The maximum Gasteiger partial charge on any atom is 0.264 e. The van der Waals surface area contributed by atoms with Gasteiger partial charge in [-0.3, -0.25) is 13.9 Å². The van der Waals surface area contributed by atoms with Crippen LogP contribution in [0.5, 0.6) is 0 Å². The van der Waals surface area contributed by atoms with Crippen molar-refractivity contribution in [2.45, 2.75) is 69.0 Å². The molecule has 1 fully saturated rings. The van der Waals surface area contributed by atoms with Gasteiger partial charge in [0.15, 0.2) is 0 Å². The summed E-state index contributed by atoms with van der Waals surface area (Å²) in [7, 11) is -4.20. The molecule has 0 saturated heterocycles. The van der Waals surface area contributed by atoms with E-state index in [-0.39, 0.29) is 29.8 Å². The third-order valence-electron chi connectivity index (χ3n) is 8.50. The van der Waals surface area contributed by atoms with E-state index in [1.54, 1.807) is 61.5 Å². The summed E-state index contributed by atoms with van der Waals surface area (Å²) in [5, 5.41) is 4.16. The van der Waals surface area contributed by atoms with Crippen LogP contribution in [-0.4, -0.2) is 43.8 Å². The summed E-state index contributed by atoms with van der Waals surface area (Å²) in [5.41, 5.74) is 2.50. The highest BCUT2D eigenvalue weighted by Gasteiger charge is 2.35. The van der Waals surface area contributed by atoms with Crippen LogP contribution in [0.15, 0.2) is 108 Å². The van der Waals surface area contributed by atoms with E-state index in [0.717, 1.165) is 47.5 Å². The number of amides is 2. The van der Waals surface area contributed by atoms with Gasteiger partial charge in [0.25, 0.3) is 10.0 Å². The summed E-state index contributed by atoms with van der Waals surface area (Å²) in [6.07, 6.45) is 5.21. The van der Waals surface area contributed by atoms with Crippen molar-refractivity contribution in [1.29, 1.82) is 0 Å². The molecule has 1 atom stereocenters. The Hall–Kier alpha value is -3.85. The average Bonchev–Trinajstić information content (AvgIpc) is 3.07. The molecule has 246 valence electrons. The fraction of sp³-hybridized carbons (Fsp3) is 0.297. The molecule has 5 rings (SSSR count). The first-order valence-electron chi connectivity index (χ1n) is 15.8. The molecule has 4 aromatic carbocycles. The Kier molecular flexibility index (Phi) is 11.6. The van der Waals surface area contributed by atoms with E-state index >= 15 is 0 Å². The van der Waals surface area contributed by atoms with Crippen LogP contribution in [0.3, 0.4) is 0 Å². The molecular weight excluding hydrogens is 653 g/mol. The van der Waals surface area contributed by atoms with E-state index in [9.17, 15) is 18.0 Å². The van der Waals surface area contributed by atoms with Crippen LogP contribution < -0.4 is 9.62 Å². The number of sulfonamides is 1. The second-order valence-corrected chi connectivity index (χ2v) is 14.7. The SMILES string of the molecule is Cc1cc(Cl)ccc1N(CC(=O)N(Cc1cccc(Cl)c1)[C@H](Cc1ccccc1)C(=O)NC1CCCCC1)S(=O)(=O)c1ccccc1. The lowest BCUT2D eigenvalue weighted by molar-refractivity contribution is -0.140. The molecule has 1 N–H and O–H groups in total. The van der Waals surface area contributed by atoms with E-state index < -0.39 is 28.5 Å². The fourth-order valence-electron chi connectivity index (χ4n) is 6.06. The number of rotatable bonds is 12. The standard InChI is InChI=1S/C37H39Cl2N3O4S/c1-27-22-31(39)20-21-34(27)42(47(45,46)33-18-9-4-10-19-33)26-36(43)41(25-29-14-11-15-30(38)23-29)35(24-28-12-5-2-6-13-28)37(44)40-32-16-7-3-8-17-32/h2,4-6,9-15,18-23,32,35H,3,7-8,16-17,24-26H2,1H3,(H,40,44)/t35-/m1/s1. The number of nitrogens with zero attached hydrogens (tertiary/aromatic N) is 2. The van der Waals surface area contributed by atoms with E-state index in [0.29, 0.717) is 21.3 Å². The van der Waals surface area contributed by atoms with Gasteiger partial charge in [0.05, 0.1) is 10.6 Å². The minimum atomic E-state index is -4.20. The molecule has 10 heteroatoms. The molecule has 0 aliphatic heterocycles. The van der Waals surface area contributed by atoms with Crippen molar-refractivity contribution in [2.75, 3.05) is 10.8 Å². The Morgan fingerprint density at radius 1 is 0.809 bits per heavy atom. The number of anilines is 1. The summed E-state index contributed by atoms with van der Waals surface area (Å²) in [5.74, 6) is -0.796. The van der Waals surface area contributed by atoms with Crippen molar-refractivity contribution in [2.24, 2.45) is 0 Å². The molecule has 4 aromatic rings. The van der Waals surface area contributed by atoms with Crippen LogP contribution in [0.4, 0.5) is 5.69 Å². The highest BCUT2D eigenvalue weighted by molar-refractivity contribution is 7.92. The number of hydrogen-bond acceptors (Lipinski definition) is 4. The Bertz CT molecular complexity index is 1780. The van der Waals surface area contributed by atoms with Crippen LogP contribution in [0.2, 0.25) is 10.0 Å². The van der Waals surface area contributed by atoms with Crippen LogP contribution in [0.1, 0.15) is 48.8 Å². The molecule has 0 aromatic heterocycles. The minimum Gasteiger partial charge on any atom is -0.352 e. The number of halogens is 2. The predicted octanol–water partition coefficient (Wildman–Crippen LogP) is 7.59. The molecule has 0 radical (unpaired) electrons. The number of benzene rings is 4. The Morgan fingerprint density at radius 3 is 2.11 bits per heavy atom. The van der Waals surface area contributed by atoms with Gasteiger partial charge in [-0.1, -0.05) is 103 Å². The quantitative estimate of drug-likeness (QED) is 0.166. The summed E-state index contributed by atoms with van der Waals surface area (Å²) in [6, 6.07) is 28.6. The number of carbonyl (C=O) groups is 2. The summed E-state index contributed by atoms with van der Waals surface area (Å²) < 4.78 is 29.5. The fourth-order valence-corrected chi connectivity index (χ4v) is 8.00. The monoisotopic (exact) mass is 691 g/mol. The van der Waals surface area contributed by atoms with Gasteiger partial charge in [-0.25, -0.2) is 8.42 Å². The largest absolute Gasteiger partial charge is 0.352 e. The smallest absolute Gasteiger partial charge is 0.264 e. The van der Waals surface area contributed by atoms with Gasteiger partial charge in [0, 0.05) is 29.1 Å². The zero-order chi connectivity index (χ0) is 33.4. The Balaban J connectivity index is 1.58. The van der Waals surface area contributed by atoms with Crippen molar-refractivity contribution in [1.82, 2.24) is 10.2 Å². The van der Waals surface area contributed by atoms with Crippen molar-refractivity contribution in [3.05, 3.63) is 130 Å². The summed E-state index contributed by atoms with van der Waals surface area (Å²) in [4.78, 5) is 30.4. The van der Waals surface area contributed by atoms with E-state index in [4.69, 9.17) is 23.2 Å². The average molecular weight is 693 g/mol. The number of hydrogen-bond donors (Lipinski definition) is 1. The lowest BCUT2D eigenvalue weighted by Crippen LogP contribution is -2.55. The van der Waals surface area contributed by atoms with Gasteiger partial charge >= 0.3 is 0 Å². The number of carbonyl (C=O) groups excluding carboxylic acids is 2. The van der Waals surface area contributed by atoms with Gasteiger partial charge in [0.2, 0.25) is 11.8 Å². The maximum atomic E-state index is 14.7. The molecule has 1 aliphatic carbocycles. The van der Waals surface area contributed by atoms with Crippen LogP contribution >= 0.6 is 23.2 Å². The Morgan fingerprint density at radius 2 is 1.45 bits per heavy atom. The second-order valence-electron chi connectivity index (χ2n) is 12.0. The number of nitrogens with one attached hydrogen (secondary N) is 1. The summed E-state index contributed by atoms with van der Waals surface area (Å²) in [6.45, 7) is 1.26. The molecule has 1 aliphatic rings. The Labute approximate surface area is 287 Å². The minimum absolute atomic E-state index is 0.0179. The molecule has 2 amide bonds. The van der Waals surface area contributed by atoms with Gasteiger partial charge in [0.1, 0.15) is 12.6 Å². The van der Waals surface area contributed by atoms with E-state index in [1.165, 1.54) is 17.0 Å². The van der Waals surface area contributed by atoms with Gasteiger partial charge < -0.3 is 10.2 Å². The molecule has 1 saturated carbocycles. The highest BCUT2D eigenvalue weighted by atomic mass is 35.5. The molecule has 0 unspecified atom stereocenters. The van der Waals surface area contributed by atoms with Crippen molar-refractivity contribution in [3.63, 3.8) is 0 Å². The third kappa shape index (κ3) is 8.95. The lowest BCUT2D eigenvalue weighted by Gasteiger charge is -2.35. The number of aryl methyl sites for hydroxylation is 1. The third-order valence-corrected chi connectivity index (χ3v) is 10.7. The normalized spacial score (nSPS) is 14.3. The molecular formula is C37H39Cl2N3O4S. The van der Waals surface area contributed by atoms with E-state index in [2.05, 4.69) is 5.32 Å². The van der Waals surface area contributed by atoms with Crippen LogP contribution in [-0.2, 0) is 32.6 Å². The first-order valence-corrected chi connectivity index (χ1v) is 18.0. The first kappa shape index (κ1) is 34.5. The topological polar surface area (TPSA) is 86.8 Å². The lowest BCUT2D eigenvalue weighted by atomic mass is 9.94. The van der Waals surface area contributed by atoms with Crippen molar-refractivity contribution < 1.29 is 18.0 Å². The van der Waals surface area contributed by atoms with Crippen LogP contribution in [0.25, 0.3) is 0 Å². The van der Waals surface area contributed by atoms with Crippen LogP contribution in [0, 0.1) is 6.92 Å². The predicted molar refractivity (Wildman–Crippen MR) is 188 cm³/mol. The molecule has 7 nitrogen and oxygen atoms in total. The zero-order valence-corrected chi connectivity index (χ0v) is 28.6. The molecule has 47 heavy (non-hydrogen) atoms. The van der Waals surface area contributed by atoms with Gasteiger partial charge in [-0.15, -0.1) is 0 Å². The van der Waals surface area contributed by atoms with E-state index in [1.807, 2.05) is 36.4 Å². The molecule has 0 spiro atoms. The van der Waals surface area contributed by atoms with Crippen molar-refractivity contribution in [3.8, 4) is 0 Å². The summed E-state index contributed by atoms with van der Waals surface area (Å²) >= 11 is 12.6. The van der Waals surface area contributed by atoms with Crippen molar-refractivity contribution >= 4 is 50.7 Å². The first-order chi connectivity index (χ1) is 22.6. The second kappa shape index (κ2) is 15.8.